The Morgan fingerprint density at radius 3 is 2.07 bits per heavy atom. The molecule has 0 heterocycles. The minimum Gasteiger partial charge on any atom is -0.352 e. The van der Waals surface area contributed by atoms with Crippen molar-refractivity contribution in [2.24, 2.45) is 0 Å². The second-order valence-corrected chi connectivity index (χ2v) is 13.1. The monoisotopic (exact) mass is 655 g/mol. The van der Waals surface area contributed by atoms with Gasteiger partial charge in [0.1, 0.15) is 18.4 Å². The van der Waals surface area contributed by atoms with Crippen LogP contribution in [-0.4, -0.2) is 43.8 Å². The van der Waals surface area contributed by atoms with E-state index in [4.69, 9.17) is 23.2 Å². The predicted molar refractivity (Wildman–Crippen MR) is 172 cm³/mol. The number of carbonyl (C=O) groups excluding carboxylic acids is 2. The highest BCUT2D eigenvalue weighted by molar-refractivity contribution is 7.92. The van der Waals surface area contributed by atoms with E-state index >= 15 is 0 Å². The maximum Gasteiger partial charge on any atom is 0.264 e. The summed E-state index contributed by atoms with van der Waals surface area (Å²) in [5.41, 5.74) is 1.35. The molecule has 1 N–H and O–H groups in total. The molecule has 0 radical (unpaired) electrons. The van der Waals surface area contributed by atoms with Crippen molar-refractivity contribution in [1.82, 2.24) is 10.2 Å². The lowest BCUT2D eigenvalue weighted by Crippen LogP contribution is -2.54. The van der Waals surface area contributed by atoms with Crippen LogP contribution in [0.25, 0.3) is 0 Å². The van der Waals surface area contributed by atoms with Crippen molar-refractivity contribution in [3.8, 4) is 0 Å². The summed E-state index contributed by atoms with van der Waals surface area (Å²) < 4.78 is 42.9. The molecule has 4 aromatic carbocycles. The lowest BCUT2D eigenvalue weighted by atomic mass is 10.0. The Kier molecular flexibility index (Phi) is 11.0. The van der Waals surface area contributed by atoms with Crippen LogP contribution < -0.4 is 9.62 Å². The molecular weight excluding hydrogens is 624 g/mol. The molecule has 4 aromatic rings. The van der Waals surface area contributed by atoms with Crippen molar-refractivity contribution < 1.29 is 22.4 Å². The van der Waals surface area contributed by atoms with E-state index in [1.54, 1.807) is 42.5 Å². The van der Waals surface area contributed by atoms with Crippen molar-refractivity contribution in [3.63, 3.8) is 0 Å². The Morgan fingerprint density at radius 2 is 1.45 bits per heavy atom. The van der Waals surface area contributed by atoms with Gasteiger partial charge in [0.2, 0.25) is 11.8 Å². The first kappa shape index (κ1) is 33.0. The highest BCUT2D eigenvalue weighted by Gasteiger charge is 2.35. The number of rotatable bonds is 12. The van der Waals surface area contributed by atoms with Gasteiger partial charge < -0.3 is 10.2 Å². The number of halogens is 3. The molecule has 11 heteroatoms. The quantitative estimate of drug-likeness (QED) is 0.189. The van der Waals surface area contributed by atoms with Gasteiger partial charge in [-0.05, 0) is 61.4 Å². The van der Waals surface area contributed by atoms with Crippen molar-refractivity contribution in [3.05, 3.63) is 130 Å². The molecule has 0 aliphatic heterocycles. The van der Waals surface area contributed by atoms with E-state index < -0.39 is 40.2 Å². The zero-order chi connectivity index (χ0) is 31.9. The van der Waals surface area contributed by atoms with Crippen molar-refractivity contribution in [2.45, 2.75) is 43.8 Å². The molecular formula is C33H32Cl2FN3O4S. The molecule has 4 rings (SSSR count). The number of benzene rings is 4. The van der Waals surface area contributed by atoms with Gasteiger partial charge in [-0.1, -0.05) is 89.9 Å². The second kappa shape index (κ2) is 14.7. The Hall–Kier alpha value is -3.92. The maximum absolute atomic E-state index is 14.4. The third kappa shape index (κ3) is 8.16. The SMILES string of the molecule is CC(C)NC(=O)[C@@H](Cc1ccccc1)N(Cc1ccccc1Cl)C(=O)CN(c1ccc(F)c(Cl)c1)S(=O)(=O)c1ccccc1. The van der Waals surface area contributed by atoms with Crippen LogP contribution in [0.1, 0.15) is 25.0 Å². The fraction of sp³-hybridized carbons (Fsp3) is 0.212. The fourth-order valence-corrected chi connectivity index (χ4v) is 6.43. The zero-order valence-corrected chi connectivity index (χ0v) is 26.5. The summed E-state index contributed by atoms with van der Waals surface area (Å²) >= 11 is 12.5. The van der Waals surface area contributed by atoms with E-state index in [9.17, 15) is 22.4 Å². The number of amides is 2. The molecule has 2 amide bonds. The summed E-state index contributed by atoms with van der Waals surface area (Å²) in [6.07, 6.45) is 0.156. The van der Waals surface area contributed by atoms with Gasteiger partial charge in [-0.3, -0.25) is 13.9 Å². The first-order chi connectivity index (χ1) is 21.0. The minimum absolute atomic E-state index is 0.0162. The van der Waals surface area contributed by atoms with Gasteiger partial charge in [-0.25, -0.2) is 12.8 Å². The zero-order valence-electron chi connectivity index (χ0n) is 24.2. The molecule has 0 saturated carbocycles. The number of anilines is 1. The predicted octanol–water partition coefficient (Wildman–Crippen LogP) is 6.49. The van der Waals surface area contributed by atoms with Crippen molar-refractivity contribution in [1.29, 1.82) is 0 Å². The minimum atomic E-state index is -4.34. The molecule has 0 fully saturated rings. The van der Waals surface area contributed by atoms with Crippen LogP contribution >= 0.6 is 23.2 Å². The van der Waals surface area contributed by atoms with Crippen LogP contribution in [0.15, 0.2) is 108 Å². The van der Waals surface area contributed by atoms with Gasteiger partial charge in [-0.15, -0.1) is 0 Å². The van der Waals surface area contributed by atoms with Gasteiger partial charge in [0.05, 0.1) is 15.6 Å². The number of nitrogens with one attached hydrogen (secondary N) is 1. The first-order valence-corrected chi connectivity index (χ1v) is 16.1. The molecule has 0 aromatic heterocycles. The molecule has 0 aliphatic carbocycles. The van der Waals surface area contributed by atoms with Gasteiger partial charge in [-0.2, -0.15) is 0 Å². The summed E-state index contributed by atoms with van der Waals surface area (Å²) in [6.45, 7) is 2.84. The van der Waals surface area contributed by atoms with E-state index in [2.05, 4.69) is 5.32 Å². The molecule has 0 saturated heterocycles. The molecule has 230 valence electrons. The molecule has 0 spiro atoms. The first-order valence-electron chi connectivity index (χ1n) is 13.9. The molecule has 44 heavy (non-hydrogen) atoms. The van der Waals surface area contributed by atoms with Gasteiger partial charge in [0.25, 0.3) is 10.0 Å². The average molecular weight is 657 g/mol. The smallest absolute Gasteiger partial charge is 0.264 e. The van der Waals surface area contributed by atoms with Crippen molar-refractivity contribution >= 4 is 50.7 Å². The lowest BCUT2D eigenvalue weighted by Gasteiger charge is -2.34. The topological polar surface area (TPSA) is 86.8 Å². The van der Waals surface area contributed by atoms with Gasteiger partial charge in [0.15, 0.2) is 0 Å². The largest absolute Gasteiger partial charge is 0.352 e. The molecule has 0 bridgehead atoms. The number of sulfonamides is 1. The number of nitrogens with zero attached hydrogens (tertiary/aromatic N) is 2. The molecule has 0 unspecified atom stereocenters. The van der Waals surface area contributed by atoms with Crippen LogP contribution in [0.4, 0.5) is 10.1 Å². The summed E-state index contributed by atoms with van der Waals surface area (Å²) in [5.74, 6) is -1.83. The lowest BCUT2D eigenvalue weighted by molar-refractivity contribution is -0.140. The van der Waals surface area contributed by atoms with Crippen LogP contribution in [0.5, 0.6) is 0 Å². The highest BCUT2D eigenvalue weighted by Crippen LogP contribution is 2.29. The number of carbonyl (C=O) groups is 2. The van der Waals surface area contributed by atoms with E-state index in [0.717, 1.165) is 22.0 Å². The third-order valence-electron chi connectivity index (χ3n) is 6.80. The molecule has 0 aliphatic rings. The summed E-state index contributed by atoms with van der Waals surface area (Å²) in [5, 5.41) is 2.97. The van der Waals surface area contributed by atoms with Crippen LogP contribution in [0, 0.1) is 5.82 Å². The van der Waals surface area contributed by atoms with Gasteiger partial charge in [0, 0.05) is 24.0 Å². The Labute approximate surface area is 267 Å². The number of hydrogen-bond donors (Lipinski definition) is 1. The van der Waals surface area contributed by atoms with Gasteiger partial charge >= 0.3 is 0 Å². The average Bonchev–Trinajstić information content (AvgIpc) is 3.00. The van der Waals surface area contributed by atoms with Crippen LogP contribution in [0.2, 0.25) is 10.0 Å². The Morgan fingerprint density at radius 1 is 0.841 bits per heavy atom. The van der Waals surface area contributed by atoms with Crippen LogP contribution in [-0.2, 0) is 32.6 Å². The number of hydrogen-bond acceptors (Lipinski definition) is 4. The third-order valence-corrected chi connectivity index (χ3v) is 9.25. The maximum atomic E-state index is 14.4. The summed E-state index contributed by atoms with van der Waals surface area (Å²) in [7, 11) is -4.34. The van der Waals surface area contributed by atoms with E-state index in [1.807, 2.05) is 44.2 Å². The standard InChI is InChI=1S/C33H32Cl2FN3O4S/c1-23(2)37-33(41)31(19-24-11-5-3-6-12-24)38(21-25-13-9-10-16-28(25)34)32(40)22-39(26-17-18-30(36)29(35)20-26)44(42,43)27-14-7-4-8-15-27/h3-18,20,23,31H,19,21-22H2,1-2H3,(H,37,41)/t31-/m1/s1. The molecule has 7 nitrogen and oxygen atoms in total. The Balaban J connectivity index is 1.82. The normalized spacial score (nSPS) is 12.0. The Bertz CT molecular complexity index is 1710. The molecule has 1 atom stereocenters. The fourth-order valence-electron chi connectivity index (χ4n) is 4.63. The van der Waals surface area contributed by atoms with E-state index in [0.29, 0.717) is 10.6 Å². The van der Waals surface area contributed by atoms with E-state index in [-0.39, 0.29) is 34.6 Å². The van der Waals surface area contributed by atoms with Crippen molar-refractivity contribution in [2.75, 3.05) is 10.8 Å². The second-order valence-electron chi connectivity index (χ2n) is 10.4. The van der Waals surface area contributed by atoms with E-state index in [1.165, 1.54) is 23.1 Å². The summed E-state index contributed by atoms with van der Waals surface area (Å²) in [4.78, 5) is 29.3. The summed E-state index contributed by atoms with van der Waals surface area (Å²) in [6, 6.07) is 25.9. The highest BCUT2D eigenvalue weighted by atomic mass is 35.5. The van der Waals surface area contributed by atoms with Crippen LogP contribution in [0.3, 0.4) is 0 Å².